The molecular weight excluding hydrogens is 485 g/mol. The van der Waals surface area contributed by atoms with Crippen molar-refractivity contribution in [1.82, 2.24) is 9.97 Å². The number of allylic oxidation sites excluding steroid dienone is 1. The maximum atomic E-state index is 5.53. The van der Waals surface area contributed by atoms with Crippen LogP contribution in [0.2, 0.25) is 0 Å². The summed E-state index contributed by atoms with van der Waals surface area (Å²) in [6.07, 6.45) is 15.8. The lowest BCUT2D eigenvalue weighted by molar-refractivity contribution is 0.427. The fourth-order valence-electron chi connectivity index (χ4n) is 5.15. The molecule has 190 valence electrons. The summed E-state index contributed by atoms with van der Waals surface area (Å²) in [5, 5.41) is 4.94. The molecule has 5 heteroatoms. The zero-order valence-electron chi connectivity index (χ0n) is 22.0. The lowest BCUT2D eigenvalue weighted by Gasteiger charge is -2.20. The maximum Gasteiger partial charge on any atom is 0.109 e. The Kier molecular flexibility index (Phi) is 10.3. The highest BCUT2D eigenvalue weighted by Crippen LogP contribution is 2.49. The van der Waals surface area contributed by atoms with Gasteiger partial charge in [0.15, 0.2) is 0 Å². The molecule has 0 radical (unpaired) electrons. The van der Waals surface area contributed by atoms with Crippen molar-refractivity contribution in [2.75, 3.05) is 0 Å². The Morgan fingerprint density at radius 2 is 1.57 bits per heavy atom. The van der Waals surface area contributed by atoms with E-state index in [0.717, 1.165) is 24.8 Å². The van der Waals surface area contributed by atoms with Crippen LogP contribution in [0.3, 0.4) is 0 Å². The van der Waals surface area contributed by atoms with Gasteiger partial charge in [-0.05, 0) is 48.0 Å². The third kappa shape index (κ3) is 6.59. The third-order valence-corrected chi connectivity index (χ3v) is 11.1. The van der Waals surface area contributed by atoms with E-state index in [4.69, 9.17) is 9.97 Å². The van der Waals surface area contributed by atoms with Crippen molar-refractivity contribution in [2.45, 2.75) is 104 Å². The van der Waals surface area contributed by atoms with Crippen LogP contribution >= 0.6 is 34.4 Å². The Morgan fingerprint density at radius 3 is 2.09 bits per heavy atom. The molecular formula is C30H42N2S3. The van der Waals surface area contributed by atoms with E-state index < -0.39 is 0 Å². The molecule has 1 aliphatic rings. The van der Waals surface area contributed by atoms with Crippen LogP contribution in [-0.4, -0.2) is 9.97 Å². The summed E-state index contributed by atoms with van der Waals surface area (Å²) in [5.74, 6) is 1.41. The number of hydrogen-bond donors (Lipinski definition) is 0. The molecule has 2 nitrogen and oxygen atoms in total. The van der Waals surface area contributed by atoms with E-state index in [2.05, 4.69) is 56.7 Å². The summed E-state index contributed by atoms with van der Waals surface area (Å²) in [4.78, 5) is 15.1. The van der Waals surface area contributed by atoms with Gasteiger partial charge in [-0.15, -0.1) is 34.4 Å². The van der Waals surface area contributed by atoms with Gasteiger partial charge in [0.1, 0.15) is 11.0 Å². The molecule has 0 bridgehead atoms. The van der Waals surface area contributed by atoms with Gasteiger partial charge < -0.3 is 0 Å². The molecule has 35 heavy (non-hydrogen) atoms. The Hall–Kier alpha value is -1.17. The summed E-state index contributed by atoms with van der Waals surface area (Å²) in [7, 11) is 0. The second-order valence-electron chi connectivity index (χ2n) is 10.1. The van der Waals surface area contributed by atoms with Crippen LogP contribution in [-0.2, 0) is 12.8 Å². The van der Waals surface area contributed by atoms with Gasteiger partial charge in [0, 0.05) is 15.0 Å². The predicted molar refractivity (Wildman–Crippen MR) is 159 cm³/mol. The highest BCUT2D eigenvalue weighted by molar-refractivity contribution is 8.02. The van der Waals surface area contributed by atoms with Gasteiger partial charge in [-0.25, -0.2) is 9.97 Å². The fourth-order valence-corrected chi connectivity index (χ4v) is 8.36. The Balaban J connectivity index is 1.80. The molecule has 3 unspecified atom stereocenters. The zero-order valence-corrected chi connectivity index (χ0v) is 24.5. The van der Waals surface area contributed by atoms with E-state index in [9.17, 15) is 0 Å². The smallest absolute Gasteiger partial charge is 0.109 e. The SMILES string of the molecule is CCCCC(CC)Cc1nc2c(-c3cccs3)sc(C3CC=CS3)c2nc1CC(CC)CCCC. The van der Waals surface area contributed by atoms with E-state index in [0.29, 0.717) is 17.1 Å². The average Bonchev–Trinajstić information content (AvgIpc) is 3.65. The van der Waals surface area contributed by atoms with Crippen LogP contribution in [0, 0.1) is 11.8 Å². The van der Waals surface area contributed by atoms with E-state index in [-0.39, 0.29) is 0 Å². The minimum Gasteiger partial charge on any atom is -0.248 e. The number of unbranched alkanes of at least 4 members (excludes halogenated alkanes) is 2. The normalized spacial score (nSPS) is 17.4. The van der Waals surface area contributed by atoms with Crippen LogP contribution in [0.1, 0.15) is 107 Å². The minimum atomic E-state index is 0.485. The number of thioether (sulfide) groups is 1. The van der Waals surface area contributed by atoms with E-state index in [1.165, 1.54) is 82.9 Å². The number of nitrogens with zero attached hydrogens (tertiary/aromatic N) is 2. The molecule has 3 aromatic heterocycles. The maximum absolute atomic E-state index is 5.53. The lowest BCUT2D eigenvalue weighted by Crippen LogP contribution is -2.13. The minimum absolute atomic E-state index is 0.485. The van der Waals surface area contributed by atoms with Crippen molar-refractivity contribution < 1.29 is 0 Å². The first-order valence-corrected chi connectivity index (χ1v) is 16.5. The number of fused-ring (bicyclic) bond motifs is 1. The number of hydrogen-bond acceptors (Lipinski definition) is 5. The quantitative estimate of drug-likeness (QED) is 0.209. The van der Waals surface area contributed by atoms with Crippen LogP contribution in [0.15, 0.2) is 29.0 Å². The molecule has 4 rings (SSSR count). The molecule has 0 aromatic carbocycles. The molecule has 1 aliphatic heterocycles. The van der Waals surface area contributed by atoms with Crippen molar-refractivity contribution in [3.05, 3.63) is 45.3 Å². The second-order valence-corrected chi connectivity index (χ2v) is 13.2. The first kappa shape index (κ1) is 26.9. The van der Waals surface area contributed by atoms with E-state index >= 15 is 0 Å². The highest BCUT2D eigenvalue weighted by atomic mass is 32.2. The summed E-state index contributed by atoms with van der Waals surface area (Å²) in [5.41, 5.74) is 4.92. The number of thiophene rings is 2. The van der Waals surface area contributed by atoms with Crippen molar-refractivity contribution in [3.63, 3.8) is 0 Å². The average molecular weight is 527 g/mol. The van der Waals surface area contributed by atoms with Gasteiger partial charge >= 0.3 is 0 Å². The molecule has 0 N–H and O–H groups in total. The summed E-state index contributed by atoms with van der Waals surface area (Å²) in [6.45, 7) is 9.32. The standard InChI is InChI=1S/C30H42N2S3/c1-5-9-13-21(7-3)19-23-24(20-22(8-4)14-10-6-2)32-28-27(31-23)29(25-15-11-17-33-25)35-30(28)26-16-12-18-34-26/h11-12,15,17-18,21-22,26H,5-10,13-14,16,19-20H2,1-4H3. The Labute approximate surface area is 225 Å². The van der Waals surface area contributed by atoms with E-state index in [1.54, 1.807) is 0 Å². The molecule has 3 aromatic rings. The van der Waals surface area contributed by atoms with Crippen LogP contribution in [0.5, 0.6) is 0 Å². The van der Waals surface area contributed by atoms with Gasteiger partial charge in [0.2, 0.25) is 0 Å². The Bertz CT molecular complexity index is 1070. The molecule has 0 amide bonds. The van der Waals surface area contributed by atoms with Gasteiger partial charge in [-0.1, -0.05) is 91.2 Å². The first-order chi connectivity index (χ1) is 17.2. The Morgan fingerprint density at radius 1 is 0.914 bits per heavy atom. The molecule has 0 fully saturated rings. The van der Waals surface area contributed by atoms with Crippen molar-refractivity contribution in [1.29, 1.82) is 0 Å². The van der Waals surface area contributed by atoms with Gasteiger partial charge in [0.25, 0.3) is 0 Å². The van der Waals surface area contributed by atoms with Crippen molar-refractivity contribution in [2.24, 2.45) is 11.8 Å². The third-order valence-electron chi connectivity index (χ3n) is 7.49. The first-order valence-electron chi connectivity index (χ1n) is 13.8. The van der Waals surface area contributed by atoms with Crippen molar-refractivity contribution in [3.8, 4) is 9.75 Å². The predicted octanol–water partition coefficient (Wildman–Crippen LogP) is 10.6. The summed E-state index contributed by atoms with van der Waals surface area (Å²) < 4.78 is 0. The van der Waals surface area contributed by atoms with E-state index in [1.807, 2.05) is 34.4 Å². The van der Waals surface area contributed by atoms with Crippen molar-refractivity contribution >= 4 is 45.5 Å². The largest absolute Gasteiger partial charge is 0.248 e. The second kappa shape index (κ2) is 13.4. The topological polar surface area (TPSA) is 25.8 Å². The van der Waals surface area contributed by atoms with Gasteiger partial charge in [0.05, 0.1) is 16.3 Å². The molecule has 0 spiro atoms. The highest BCUT2D eigenvalue weighted by Gasteiger charge is 2.26. The summed E-state index contributed by atoms with van der Waals surface area (Å²) >= 11 is 5.73. The number of rotatable bonds is 14. The van der Waals surface area contributed by atoms with Gasteiger partial charge in [-0.2, -0.15) is 0 Å². The molecule has 3 atom stereocenters. The monoisotopic (exact) mass is 526 g/mol. The van der Waals surface area contributed by atoms with Crippen LogP contribution in [0.25, 0.3) is 20.8 Å². The zero-order chi connectivity index (χ0) is 24.6. The van der Waals surface area contributed by atoms with Crippen LogP contribution in [0.4, 0.5) is 0 Å². The van der Waals surface area contributed by atoms with Crippen LogP contribution < -0.4 is 0 Å². The van der Waals surface area contributed by atoms with Gasteiger partial charge in [-0.3, -0.25) is 0 Å². The molecule has 0 aliphatic carbocycles. The number of aromatic nitrogens is 2. The molecule has 4 heterocycles. The molecule has 0 saturated carbocycles. The molecule has 0 saturated heterocycles. The lowest BCUT2D eigenvalue weighted by atomic mass is 9.89. The summed E-state index contributed by atoms with van der Waals surface area (Å²) in [6, 6.07) is 4.42. The fraction of sp³-hybridized carbons (Fsp3) is 0.600.